The molecule has 1 fully saturated rings. The Morgan fingerprint density at radius 2 is 2.05 bits per heavy atom. The van der Waals surface area contributed by atoms with Gasteiger partial charge in [-0.15, -0.1) is 6.58 Å². The highest BCUT2D eigenvalue weighted by molar-refractivity contribution is 5.50. The van der Waals surface area contributed by atoms with Crippen molar-refractivity contribution in [2.75, 3.05) is 46.9 Å². The molecule has 22 heavy (non-hydrogen) atoms. The highest BCUT2D eigenvalue weighted by Crippen LogP contribution is 2.35. The molecule has 0 aliphatic carbocycles. The summed E-state index contributed by atoms with van der Waals surface area (Å²) >= 11 is 0. The molecule has 1 aliphatic heterocycles. The molecule has 1 heterocycles. The minimum Gasteiger partial charge on any atom is -0.504 e. The van der Waals surface area contributed by atoms with Crippen LogP contribution in [0.3, 0.4) is 0 Å². The average molecular weight is 305 g/mol. The lowest BCUT2D eigenvalue weighted by atomic mass is 9.99. The fraction of sp³-hybridized carbons (Fsp3) is 0.529. The zero-order valence-electron chi connectivity index (χ0n) is 13.6. The van der Waals surface area contributed by atoms with Gasteiger partial charge in [-0.2, -0.15) is 0 Å². The number of ether oxygens (including phenoxy) is 1. The fourth-order valence-electron chi connectivity index (χ4n) is 2.98. The number of methoxy groups -OCH3 is 1. The zero-order valence-corrected chi connectivity index (χ0v) is 13.6. The molecule has 1 saturated heterocycles. The van der Waals surface area contributed by atoms with Gasteiger partial charge in [-0.1, -0.05) is 6.08 Å². The minimum absolute atomic E-state index is 0.145. The number of hydrogen-bond acceptors (Lipinski definition) is 5. The van der Waals surface area contributed by atoms with Crippen LogP contribution in [0, 0.1) is 0 Å². The third kappa shape index (κ3) is 3.61. The molecule has 1 aliphatic rings. The number of nitrogens with zero attached hydrogens (tertiary/aromatic N) is 2. The Balaban J connectivity index is 2.31. The van der Waals surface area contributed by atoms with Crippen LogP contribution in [0.15, 0.2) is 24.8 Å². The first-order valence-electron chi connectivity index (χ1n) is 7.74. The molecular weight excluding hydrogens is 278 g/mol. The van der Waals surface area contributed by atoms with Gasteiger partial charge in [0.2, 0.25) is 0 Å². The van der Waals surface area contributed by atoms with Crippen LogP contribution in [-0.2, 0) is 6.42 Å². The van der Waals surface area contributed by atoms with E-state index in [1.165, 1.54) is 0 Å². The summed E-state index contributed by atoms with van der Waals surface area (Å²) in [5.74, 6) is 0.697. The molecule has 0 saturated carbocycles. The molecule has 1 atom stereocenters. The standard InChI is InChI=1S/C17H27N3O2/c1-4-5-13-10-14(11-16(22-3)17(13)21)15(12-18)20-8-6-19(2)7-9-20/h4,10-11,15,21H,1,5-9,12,18H2,2-3H3. The van der Waals surface area contributed by atoms with E-state index in [0.29, 0.717) is 18.7 Å². The van der Waals surface area contributed by atoms with E-state index in [2.05, 4.69) is 23.4 Å². The average Bonchev–Trinajstić information content (AvgIpc) is 2.52. The van der Waals surface area contributed by atoms with Gasteiger partial charge in [0, 0.05) is 44.3 Å². The van der Waals surface area contributed by atoms with Crippen LogP contribution in [0.1, 0.15) is 17.2 Å². The molecule has 0 aromatic heterocycles. The third-order valence-electron chi connectivity index (χ3n) is 4.35. The van der Waals surface area contributed by atoms with Gasteiger partial charge in [0.1, 0.15) is 0 Å². The third-order valence-corrected chi connectivity index (χ3v) is 4.35. The van der Waals surface area contributed by atoms with Crippen molar-refractivity contribution in [3.05, 3.63) is 35.9 Å². The van der Waals surface area contributed by atoms with Crippen molar-refractivity contribution in [2.24, 2.45) is 5.73 Å². The van der Waals surface area contributed by atoms with E-state index >= 15 is 0 Å². The molecule has 0 radical (unpaired) electrons. The summed E-state index contributed by atoms with van der Waals surface area (Å²) in [4.78, 5) is 4.73. The number of phenolic OH excluding ortho intramolecular Hbond substituents is 1. The Hall–Kier alpha value is -1.56. The number of rotatable bonds is 6. The van der Waals surface area contributed by atoms with Crippen molar-refractivity contribution in [3.63, 3.8) is 0 Å². The van der Waals surface area contributed by atoms with Crippen LogP contribution in [0.2, 0.25) is 0 Å². The maximum absolute atomic E-state index is 10.2. The Morgan fingerprint density at radius 1 is 1.36 bits per heavy atom. The van der Waals surface area contributed by atoms with E-state index in [1.807, 2.05) is 12.1 Å². The Morgan fingerprint density at radius 3 is 2.59 bits per heavy atom. The molecule has 0 spiro atoms. The SMILES string of the molecule is C=CCc1cc(C(CN)N2CCN(C)CC2)cc(OC)c1O. The largest absolute Gasteiger partial charge is 0.504 e. The first kappa shape index (κ1) is 16.8. The van der Waals surface area contributed by atoms with Crippen molar-refractivity contribution >= 4 is 0 Å². The molecule has 2 rings (SSSR count). The topological polar surface area (TPSA) is 62.0 Å². The number of piperazine rings is 1. The highest BCUT2D eigenvalue weighted by Gasteiger charge is 2.24. The molecule has 1 unspecified atom stereocenters. The summed E-state index contributed by atoms with van der Waals surface area (Å²) in [6, 6.07) is 4.07. The van der Waals surface area contributed by atoms with Crippen LogP contribution < -0.4 is 10.5 Å². The zero-order chi connectivity index (χ0) is 16.1. The van der Waals surface area contributed by atoms with Gasteiger partial charge in [-0.3, -0.25) is 4.90 Å². The van der Waals surface area contributed by atoms with Gasteiger partial charge in [0.25, 0.3) is 0 Å². The maximum Gasteiger partial charge on any atom is 0.161 e. The lowest BCUT2D eigenvalue weighted by molar-refractivity contribution is 0.114. The second-order valence-electron chi connectivity index (χ2n) is 5.81. The summed E-state index contributed by atoms with van der Waals surface area (Å²) < 4.78 is 5.32. The van der Waals surface area contributed by atoms with Crippen LogP contribution >= 0.6 is 0 Å². The van der Waals surface area contributed by atoms with E-state index in [-0.39, 0.29) is 11.8 Å². The van der Waals surface area contributed by atoms with Gasteiger partial charge < -0.3 is 20.5 Å². The number of aromatic hydroxyl groups is 1. The molecule has 5 nitrogen and oxygen atoms in total. The Labute approximate surface area is 133 Å². The lowest BCUT2D eigenvalue weighted by Gasteiger charge is -2.38. The monoisotopic (exact) mass is 305 g/mol. The first-order chi connectivity index (χ1) is 10.6. The number of hydrogen-bond donors (Lipinski definition) is 2. The first-order valence-corrected chi connectivity index (χ1v) is 7.74. The second-order valence-corrected chi connectivity index (χ2v) is 5.81. The maximum atomic E-state index is 10.2. The van der Waals surface area contributed by atoms with Gasteiger partial charge in [-0.05, 0) is 31.2 Å². The van der Waals surface area contributed by atoms with Crippen LogP contribution in [0.25, 0.3) is 0 Å². The summed E-state index contributed by atoms with van der Waals surface area (Å²) in [5.41, 5.74) is 7.97. The predicted molar refractivity (Wildman–Crippen MR) is 89.4 cm³/mol. The molecular formula is C17H27N3O2. The van der Waals surface area contributed by atoms with Gasteiger partial charge in [-0.25, -0.2) is 0 Å². The van der Waals surface area contributed by atoms with Crippen molar-refractivity contribution in [2.45, 2.75) is 12.5 Å². The van der Waals surface area contributed by atoms with Gasteiger partial charge in [0.05, 0.1) is 7.11 Å². The Kier molecular flexibility index (Phi) is 5.83. The van der Waals surface area contributed by atoms with Crippen molar-refractivity contribution in [1.29, 1.82) is 0 Å². The lowest BCUT2D eigenvalue weighted by Crippen LogP contribution is -2.47. The summed E-state index contributed by atoms with van der Waals surface area (Å²) in [6.07, 6.45) is 2.39. The molecule has 1 aromatic carbocycles. The van der Waals surface area contributed by atoms with E-state index in [0.717, 1.165) is 37.3 Å². The van der Waals surface area contributed by atoms with Gasteiger partial charge in [0.15, 0.2) is 11.5 Å². The van der Waals surface area contributed by atoms with Gasteiger partial charge >= 0.3 is 0 Å². The molecule has 1 aromatic rings. The quantitative estimate of drug-likeness (QED) is 0.778. The summed E-state index contributed by atoms with van der Waals surface area (Å²) in [5, 5.41) is 10.2. The number of likely N-dealkylation sites (N-methyl/N-ethyl adjacent to an activating group) is 1. The molecule has 122 valence electrons. The van der Waals surface area contributed by atoms with Crippen molar-refractivity contribution < 1.29 is 9.84 Å². The normalized spacial score (nSPS) is 18.1. The number of benzene rings is 1. The second kappa shape index (κ2) is 7.63. The summed E-state index contributed by atoms with van der Waals surface area (Å²) in [6.45, 7) is 8.39. The molecule has 5 heteroatoms. The molecule has 3 N–H and O–H groups in total. The number of phenols is 1. The summed E-state index contributed by atoms with van der Waals surface area (Å²) in [7, 11) is 3.71. The van der Waals surface area contributed by atoms with Crippen LogP contribution in [0.5, 0.6) is 11.5 Å². The van der Waals surface area contributed by atoms with E-state index in [4.69, 9.17) is 10.5 Å². The smallest absolute Gasteiger partial charge is 0.161 e. The highest BCUT2D eigenvalue weighted by atomic mass is 16.5. The molecule has 0 amide bonds. The van der Waals surface area contributed by atoms with Crippen LogP contribution in [0.4, 0.5) is 0 Å². The minimum atomic E-state index is 0.145. The number of allylic oxidation sites excluding steroid dienone is 1. The van der Waals surface area contributed by atoms with E-state index < -0.39 is 0 Å². The fourth-order valence-corrected chi connectivity index (χ4v) is 2.98. The van der Waals surface area contributed by atoms with Crippen molar-refractivity contribution in [1.82, 2.24) is 9.80 Å². The van der Waals surface area contributed by atoms with E-state index in [1.54, 1.807) is 13.2 Å². The van der Waals surface area contributed by atoms with Crippen LogP contribution in [-0.4, -0.2) is 61.8 Å². The predicted octanol–water partition coefficient (Wildman–Crippen LogP) is 1.38. The molecule has 0 bridgehead atoms. The van der Waals surface area contributed by atoms with Crippen molar-refractivity contribution in [3.8, 4) is 11.5 Å². The van der Waals surface area contributed by atoms with E-state index in [9.17, 15) is 5.11 Å². The Bertz CT molecular complexity index is 511. The number of nitrogens with two attached hydrogens (primary N) is 1.